The molecule has 2 N–H and O–H groups in total. The Labute approximate surface area is 134 Å². The van der Waals surface area contributed by atoms with E-state index in [2.05, 4.69) is 4.98 Å². The molecule has 0 atom stereocenters. The third-order valence-electron chi connectivity index (χ3n) is 3.45. The Balaban J connectivity index is 1.90. The lowest BCUT2D eigenvalue weighted by molar-refractivity contribution is 0.100. The van der Waals surface area contributed by atoms with Crippen molar-refractivity contribution >= 4 is 5.91 Å². The van der Waals surface area contributed by atoms with Crippen LogP contribution in [0.4, 0.5) is 0 Å². The summed E-state index contributed by atoms with van der Waals surface area (Å²) in [7, 11) is 0. The van der Waals surface area contributed by atoms with Crippen molar-refractivity contribution in [1.29, 1.82) is 0 Å². The molecule has 0 bridgehead atoms. The van der Waals surface area contributed by atoms with Crippen LogP contribution in [0.25, 0.3) is 11.1 Å². The molecule has 23 heavy (non-hydrogen) atoms. The van der Waals surface area contributed by atoms with Gasteiger partial charge in [-0.2, -0.15) is 0 Å². The largest absolute Gasteiger partial charge is 0.487 e. The number of nitrogens with zero attached hydrogens (tertiary/aromatic N) is 1. The molecule has 3 aromatic rings. The van der Waals surface area contributed by atoms with E-state index in [4.69, 9.17) is 10.5 Å². The average molecular weight is 304 g/mol. The highest BCUT2D eigenvalue weighted by molar-refractivity contribution is 6.00. The lowest BCUT2D eigenvalue weighted by Crippen LogP contribution is -2.12. The fourth-order valence-corrected chi connectivity index (χ4v) is 2.33. The predicted octanol–water partition coefficient (Wildman–Crippen LogP) is 3.43. The minimum Gasteiger partial charge on any atom is -0.487 e. The van der Waals surface area contributed by atoms with Crippen LogP contribution in [-0.4, -0.2) is 10.9 Å². The Hall–Kier alpha value is -3.14. The number of hydrogen-bond donors (Lipinski definition) is 1. The minimum atomic E-state index is -0.458. The van der Waals surface area contributed by atoms with E-state index < -0.39 is 5.91 Å². The van der Waals surface area contributed by atoms with E-state index in [1.807, 2.05) is 54.6 Å². The predicted molar refractivity (Wildman–Crippen MR) is 89.0 cm³/mol. The first-order valence-corrected chi connectivity index (χ1v) is 7.26. The summed E-state index contributed by atoms with van der Waals surface area (Å²) in [5.74, 6) is 0.208. The second-order valence-corrected chi connectivity index (χ2v) is 5.05. The highest BCUT2D eigenvalue weighted by atomic mass is 16.5. The maximum Gasteiger partial charge on any atom is 0.249 e. The van der Waals surface area contributed by atoms with E-state index in [-0.39, 0.29) is 0 Å². The van der Waals surface area contributed by atoms with Gasteiger partial charge in [0.25, 0.3) is 0 Å². The molecule has 0 aliphatic rings. The standard InChI is InChI=1S/C19H16N2O2/c20-19(22)17-10-9-16(23-13-15-8-4-5-11-21-15)12-18(17)14-6-2-1-3-7-14/h1-12H,13H2,(H2,20,22). The van der Waals surface area contributed by atoms with Gasteiger partial charge in [0, 0.05) is 11.8 Å². The van der Waals surface area contributed by atoms with E-state index in [1.54, 1.807) is 18.3 Å². The number of pyridine rings is 1. The number of aromatic nitrogens is 1. The summed E-state index contributed by atoms with van der Waals surface area (Å²) in [5.41, 5.74) is 8.47. The maximum absolute atomic E-state index is 11.7. The van der Waals surface area contributed by atoms with Crippen LogP contribution in [0.15, 0.2) is 72.9 Å². The van der Waals surface area contributed by atoms with Gasteiger partial charge in [-0.3, -0.25) is 9.78 Å². The number of carbonyl (C=O) groups is 1. The quantitative estimate of drug-likeness (QED) is 0.785. The van der Waals surface area contributed by atoms with Crippen LogP contribution >= 0.6 is 0 Å². The molecule has 1 heterocycles. The first-order valence-electron chi connectivity index (χ1n) is 7.26. The van der Waals surface area contributed by atoms with Crippen LogP contribution in [0.2, 0.25) is 0 Å². The zero-order valence-corrected chi connectivity index (χ0v) is 12.5. The van der Waals surface area contributed by atoms with Crippen molar-refractivity contribution in [2.45, 2.75) is 6.61 Å². The highest BCUT2D eigenvalue weighted by Crippen LogP contribution is 2.28. The SMILES string of the molecule is NC(=O)c1ccc(OCc2ccccn2)cc1-c1ccccc1. The number of ether oxygens (including phenoxy) is 1. The van der Waals surface area contributed by atoms with E-state index in [1.165, 1.54) is 0 Å². The molecule has 2 aromatic carbocycles. The van der Waals surface area contributed by atoms with Crippen LogP contribution < -0.4 is 10.5 Å². The third kappa shape index (κ3) is 3.55. The average Bonchev–Trinajstić information content (AvgIpc) is 2.61. The molecule has 0 saturated carbocycles. The first kappa shape index (κ1) is 14.8. The van der Waals surface area contributed by atoms with Crippen LogP contribution in [0.3, 0.4) is 0 Å². The zero-order chi connectivity index (χ0) is 16.1. The van der Waals surface area contributed by atoms with Gasteiger partial charge in [0.2, 0.25) is 5.91 Å². The zero-order valence-electron chi connectivity index (χ0n) is 12.5. The second kappa shape index (κ2) is 6.75. The summed E-state index contributed by atoms with van der Waals surface area (Å²) < 4.78 is 5.77. The van der Waals surface area contributed by atoms with E-state index in [0.29, 0.717) is 17.9 Å². The fraction of sp³-hybridized carbons (Fsp3) is 0.0526. The van der Waals surface area contributed by atoms with E-state index >= 15 is 0 Å². The summed E-state index contributed by atoms with van der Waals surface area (Å²) >= 11 is 0. The number of carbonyl (C=O) groups excluding carboxylic acids is 1. The molecule has 0 radical (unpaired) electrons. The molecule has 114 valence electrons. The molecule has 1 aromatic heterocycles. The van der Waals surface area contributed by atoms with Gasteiger partial charge in [0.05, 0.1) is 5.69 Å². The summed E-state index contributed by atoms with van der Waals surface area (Å²) in [6.45, 7) is 0.366. The smallest absolute Gasteiger partial charge is 0.249 e. The summed E-state index contributed by atoms with van der Waals surface area (Å²) in [6, 6.07) is 20.6. The Bertz CT molecular complexity index is 802. The van der Waals surface area contributed by atoms with Crippen molar-refractivity contribution in [1.82, 2.24) is 4.98 Å². The molecule has 4 heteroatoms. The van der Waals surface area contributed by atoms with Crippen molar-refractivity contribution in [2.75, 3.05) is 0 Å². The van der Waals surface area contributed by atoms with Gasteiger partial charge < -0.3 is 10.5 Å². The number of amides is 1. The highest BCUT2D eigenvalue weighted by Gasteiger charge is 2.11. The monoisotopic (exact) mass is 304 g/mol. The van der Waals surface area contributed by atoms with E-state index in [0.717, 1.165) is 16.8 Å². The van der Waals surface area contributed by atoms with Crippen LogP contribution in [0.5, 0.6) is 5.75 Å². The number of benzene rings is 2. The molecule has 4 nitrogen and oxygen atoms in total. The van der Waals surface area contributed by atoms with Gasteiger partial charge in [-0.05, 0) is 41.5 Å². The molecule has 1 amide bonds. The Kier molecular flexibility index (Phi) is 4.34. The Morgan fingerprint density at radius 1 is 1.00 bits per heavy atom. The lowest BCUT2D eigenvalue weighted by atomic mass is 9.99. The Morgan fingerprint density at radius 3 is 2.48 bits per heavy atom. The number of rotatable bonds is 5. The second-order valence-electron chi connectivity index (χ2n) is 5.05. The van der Waals surface area contributed by atoms with Gasteiger partial charge in [0.1, 0.15) is 12.4 Å². The fourth-order valence-electron chi connectivity index (χ4n) is 2.33. The molecule has 0 aliphatic heterocycles. The van der Waals surface area contributed by atoms with Crippen molar-refractivity contribution in [3.8, 4) is 16.9 Å². The maximum atomic E-state index is 11.7. The van der Waals surface area contributed by atoms with Gasteiger partial charge in [-0.25, -0.2) is 0 Å². The Morgan fingerprint density at radius 2 is 1.78 bits per heavy atom. The van der Waals surface area contributed by atoms with Crippen molar-refractivity contribution in [3.63, 3.8) is 0 Å². The van der Waals surface area contributed by atoms with Crippen molar-refractivity contribution in [3.05, 3.63) is 84.2 Å². The normalized spacial score (nSPS) is 10.3. The van der Waals surface area contributed by atoms with Crippen LogP contribution in [0.1, 0.15) is 16.1 Å². The van der Waals surface area contributed by atoms with Gasteiger partial charge in [0.15, 0.2) is 0 Å². The topological polar surface area (TPSA) is 65.2 Å². The lowest BCUT2D eigenvalue weighted by Gasteiger charge is -2.11. The molecule has 0 unspecified atom stereocenters. The molecule has 0 fully saturated rings. The molecular formula is C19H16N2O2. The van der Waals surface area contributed by atoms with Crippen LogP contribution in [-0.2, 0) is 6.61 Å². The number of nitrogens with two attached hydrogens (primary N) is 1. The van der Waals surface area contributed by atoms with Gasteiger partial charge in [-0.15, -0.1) is 0 Å². The van der Waals surface area contributed by atoms with Crippen molar-refractivity contribution < 1.29 is 9.53 Å². The molecule has 0 aliphatic carbocycles. The summed E-state index contributed by atoms with van der Waals surface area (Å²) in [5, 5.41) is 0. The van der Waals surface area contributed by atoms with Gasteiger partial charge >= 0.3 is 0 Å². The first-order chi connectivity index (χ1) is 11.2. The molecule has 3 rings (SSSR count). The summed E-state index contributed by atoms with van der Waals surface area (Å²) in [4.78, 5) is 15.9. The third-order valence-corrected chi connectivity index (χ3v) is 3.45. The molecular weight excluding hydrogens is 288 g/mol. The molecule has 0 saturated heterocycles. The van der Waals surface area contributed by atoms with E-state index in [9.17, 15) is 4.79 Å². The van der Waals surface area contributed by atoms with Crippen molar-refractivity contribution in [2.24, 2.45) is 5.73 Å². The minimum absolute atomic E-state index is 0.366. The summed E-state index contributed by atoms with van der Waals surface area (Å²) in [6.07, 6.45) is 1.73. The van der Waals surface area contributed by atoms with Crippen LogP contribution in [0, 0.1) is 0 Å². The number of primary amides is 1. The van der Waals surface area contributed by atoms with Gasteiger partial charge in [-0.1, -0.05) is 36.4 Å². The number of hydrogen-bond acceptors (Lipinski definition) is 3. The molecule has 0 spiro atoms.